The Balaban J connectivity index is 1.74. The Morgan fingerprint density at radius 2 is 1.61 bits per heavy atom. The Bertz CT molecular complexity index is 850. The monoisotopic (exact) mass is 403 g/mol. The molecular formula is C15H9Cl4N3S. The molecule has 0 atom stereocenters. The quantitative estimate of drug-likeness (QED) is 0.513. The van der Waals surface area contributed by atoms with E-state index in [1.54, 1.807) is 30.3 Å². The highest BCUT2D eigenvalue weighted by Gasteiger charge is 2.11. The van der Waals surface area contributed by atoms with Crippen LogP contribution in [-0.4, -0.2) is 15.2 Å². The van der Waals surface area contributed by atoms with Crippen LogP contribution in [0.4, 0.5) is 0 Å². The lowest BCUT2D eigenvalue weighted by molar-refractivity contribution is 0.973. The highest BCUT2D eigenvalue weighted by Crippen LogP contribution is 2.31. The molecule has 0 aliphatic carbocycles. The number of aromatic amines is 1. The van der Waals surface area contributed by atoms with E-state index in [1.807, 2.05) is 6.07 Å². The summed E-state index contributed by atoms with van der Waals surface area (Å²) in [7, 11) is 0. The summed E-state index contributed by atoms with van der Waals surface area (Å²) in [5.74, 6) is 1.23. The largest absolute Gasteiger partial charge is 0.258 e. The van der Waals surface area contributed by atoms with Crippen molar-refractivity contribution in [3.8, 4) is 11.4 Å². The summed E-state index contributed by atoms with van der Waals surface area (Å²) in [6.07, 6.45) is 0. The maximum absolute atomic E-state index is 6.17. The van der Waals surface area contributed by atoms with Crippen molar-refractivity contribution in [1.29, 1.82) is 0 Å². The highest BCUT2D eigenvalue weighted by molar-refractivity contribution is 7.98. The number of thioether (sulfide) groups is 1. The molecule has 1 aromatic heterocycles. The van der Waals surface area contributed by atoms with Crippen LogP contribution in [0, 0.1) is 0 Å². The Morgan fingerprint density at radius 3 is 2.30 bits per heavy atom. The van der Waals surface area contributed by atoms with E-state index in [1.165, 1.54) is 11.8 Å². The minimum atomic E-state index is 0.519. The van der Waals surface area contributed by atoms with Gasteiger partial charge >= 0.3 is 0 Å². The van der Waals surface area contributed by atoms with Gasteiger partial charge in [-0.25, -0.2) is 4.98 Å². The van der Waals surface area contributed by atoms with Gasteiger partial charge in [0.25, 0.3) is 0 Å². The summed E-state index contributed by atoms with van der Waals surface area (Å²) in [5, 5.41) is 10.0. The van der Waals surface area contributed by atoms with Crippen molar-refractivity contribution in [2.75, 3.05) is 0 Å². The first-order valence-electron chi connectivity index (χ1n) is 6.47. The first-order valence-corrected chi connectivity index (χ1v) is 8.97. The van der Waals surface area contributed by atoms with Crippen molar-refractivity contribution in [1.82, 2.24) is 15.2 Å². The van der Waals surface area contributed by atoms with Crippen LogP contribution in [0.1, 0.15) is 5.56 Å². The number of nitrogens with zero attached hydrogens (tertiary/aromatic N) is 2. The first kappa shape index (κ1) is 16.9. The van der Waals surface area contributed by atoms with Crippen molar-refractivity contribution >= 4 is 58.2 Å². The molecule has 0 aliphatic rings. The number of hydrogen-bond acceptors (Lipinski definition) is 3. The molecule has 0 spiro atoms. The molecule has 1 N–H and O–H groups in total. The van der Waals surface area contributed by atoms with Crippen molar-refractivity contribution in [2.45, 2.75) is 10.9 Å². The van der Waals surface area contributed by atoms with E-state index in [2.05, 4.69) is 15.2 Å². The van der Waals surface area contributed by atoms with Crippen LogP contribution < -0.4 is 0 Å². The van der Waals surface area contributed by atoms with Gasteiger partial charge in [-0.05, 0) is 35.9 Å². The maximum Gasteiger partial charge on any atom is 0.209 e. The predicted molar refractivity (Wildman–Crippen MR) is 97.9 cm³/mol. The zero-order valence-electron chi connectivity index (χ0n) is 11.5. The van der Waals surface area contributed by atoms with Gasteiger partial charge in [0.05, 0.1) is 5.02 Å². The van der Waals surface area contributed by atoms with Crippen LogP contribution in [0.2, 0.25) is 20.1 Å². The fourth-order valence-corrected chi connectivity index (χ4v) is 3.75. The average molecular weight is 405 g/mol. The van der Waals surface area contributed by atoms with Gasteiger partial charge in [-0.2, -0.15) is 0 Å². The van der Waals surface area contributed by atoms with Gasteiger partial charge in [0.2, 0.25) is 5.16 Å². The van der Waals surface area contributed by atoms with Gasteiger partial charge in [-0.15, -0.1) is 5.10 Å². The third kappa shape index (κ3) is 4.14. The Labute approximate surface area is 157 Å². The molecule has 0 saturated heterocycles. The molecular weight excluding hydrogens is 396 g/mol. The van der Waals surface area contributed by atoms with E-state index in [0.29, 0.717) is 36.8 Å². The topological polar surface area (TPSA) is 41.6 Å². The van der Waals surface area contributed by atoms with Crippen LogP contribution >= 0.6 is 58.2 Å². The third-order valence-electron chi connectivity index (χ3n) is 3.02. The number of hydrogen-bond donors (Lipinski definition) is 1. The molecule has 1 heterocycles. The number of H-pyrrole nitrogens is 1. The fourth-order valence-electron chi connectivity index (χ4n) is 1.89. The minimum Gasteiger partial charge on any atom is -0.258 e. The smallest absolute Gasteiger partial charge is 0.209 e. The minimum absolute atomic E-state index is 0.519. The van der Waals surface area contributed by atoms with Gasteiger partial charge in [0.15, 0.2) is 5.82 Å². The number of benzene rings is 2. The predicted octanol–water partition coefficient (Wildman–Crippen LogP) is 6.38. The molecule has 118 valence electrons. The van der Waals surface area contributed by atoms with E-state index in [-0.39, 0.29) is 0 Å². The summed E-state index contributed by atoms with van der Waals surface area (Å²) in [5.41, 5.74) is 1.72. The summed E-state index contributed by atoms with van der Waals surface area (Å²) >= 11 is 25.6. The summed E-state index contributed by atoms with van der Waals surface area (Å²) in [6.45, 7) is 0. The second-order valence-electron chi connectivity index (χ2n) is 4.62. The number of nitrogens with one attached hydrogen (secondary N) is 1. The zero-order valence-corrected chi connectivity index (χ0v) is 15.3. The number of halogens is 4. The van der Waals surface area contributed by atoms with Crippen LogP contribution in [0.3, 0.4) is 0 Å². The third-order valence-corrected chi connectivity index (χ3v) is 5.05. The molecule has 8 heteroatoms. The Hall–Kier alpha value is -0.910. The van der Waals surface area contributed by atoms with Crippen LogP contribution in [0.5, 0.6) is 0 Å². The molecule has 0 unspecified atom stereocenters. The second kappa shape index (κ2) is 7.32. The molecule has 0 bridgehead atoms. The first-order chi connectivity index (χ1) is 11.0. The molecule has 0 amide bonds. The van der Waals surface area contributed by atoms with E-state index in [0.717, 1.165) is 11.1 Å². The number of rotatable bonds is 4. The van der Waals surface area contributed by atoms with E-state index in [4.69, 9.17) is 46.4 Å². The fraction of sp³-hybridized carbons (Fsp3) is 0.0667. The average Bonchev–Trinajstić information content (AvgIpc) is 2.95. The highest BCUT2D eigenvalue weighted by atomic mass is 35.5. The van der Waals surface area contributed by atoms with Gasteiger partial charge in [0, 0.05) is 26.4 Å². The lowest BCUT2D eigenvalue weighted by Gasteiger charge is -2.02. The molecule has 0 aliphatic heterocycles. The van der Waals surface area contributed by atoms with Crippen molar-refractivity contribution in [3.63, 3.8) is 0 Å². The van der Waals surface area contributed by atoms with E-state index in [9.17, 15) is 0 Å². The van der Waals surface area contributed by atoms with Crippen LogP contribution in [0.15, 0.2) is 41.6 Å². The lowest BCUT2D eigenvalue weighted by atomic mass is 10.2. The van der Waals surface area contributed by atoms with Crippen LogP contribution in [-0.2, 0) is 5.75 Å². The molecule has 0 fully saturated rings. The molecule has 0 radical (unpaired) electrons. The van der Waals surface area contributed by atoms with E-state index >= 15 is 0 Å². The summed E-state index contributed by atoms with van der Waals surface area (Å²) in [6, 6.07) is 10.6. The van der Waals surface area contributed by atoms with Crippen molar-refractivity contribution < 1.29 is 0 Å². The molecule has 23 heavy (non-hydrogen) atoms. The van der Waals surface area contributed by atoms with Gasteiger partial charge in [0.1, 0.15) is 0 Å². The number of aromatic nitrogens is 3. The maximum atomic E-state index is 6.17. The second-order valence-corrected chi connectivity index (χ2v) is 7.24. The normalized spacial score (nSPS) is 11.0. The van der Waals surface area contributed by atoms with Crippen LogP contribution in [0.25, 0.3) is 11.4 Å². The Morgan fingerprint density at radius 1 is 0.913 bits per heavy atom. The summed E-state index contributed by atoms with van der Waals surface area (Å²) in [4.78, 5) is 4.43. The lowest BCUT2D eigenvalue weighted by Crippen LogP contribution is -1.84. The molecule has 3 aromatic rings. The summed E-state index contributed by atoms with van der Waals surface area (Å²) < 4.78 is 0. The molecule has 3 rings (SSSR count). The van der Waals surface area contributed by atoms with Crippen molar-refractivity contribution in [2.24, 2.45) is 0 Å². The molecule has 2 aromatic carbocycles. The van der Waals surface area contributed by atoms with Gasteiger partial charge in [-0.3, -0.25) is 5.10 Å². The van der Waals surface area contributed by atoms with Gasteiger partial charge in [-0.1, -0.05) is 64.2 Å². The van der Waals surface area contributed by atoms with Crippen molar-refractivity contribution in [3.05, 3.63) is 62.1 Å². The van der Waals surface area contributed by atoms with E-state index < -0.39 is 0 Å². The zero-order chi connectivity index (χ0) is 16.4. The van der Waals surface area contributed by atoms with Gasteiger partial charge < -0.3 is 0 Å². The molecule has 0 saturated carbocycles. The SMILES string of the molecule is Clc1ccc(CSc2n[nH]c(-c3ccc(Cl)cc3Cl)n2)c(Cl)c1. The standard InChI is InChI=1S/C15H9Cl4N3S/c16-9-2-1-8(12(18)5-9)7-23-15-20-14(21-22-15)11-4-3-10(17)6-13(11)19/h1-6H,7H2,(H,20,21,22). The Kier molecular flexibility index (Phi) is 5.39. The molecule has 3 nitrogen and oxygen atoms in total.